The van der Waals surface area contributed by atoms with Gasteiger partial charge in [0, 0.05) is 12.1 Å². The fraction of sp³-hybridized carbons (Fsp3) is 0.947. The standard InChI is InChI=1S/C19H36BNO4/c1-16(2,3)21-15(22)19(8)11-14(12-23-13-19)9-10-20-24-17(4,5)18(6,7)25-20/h14H,9-13H2,1-8H3,(H,21,22)/t14-,19-/m0/s1. The molecule has 1 N–H and O–H groups in total. The number of hydrogen-bond acceptors (Lipinski definition) is 4. The van der Waals surface area contributed by atoms with Gasteiger partial charge < -0.3 is 19.4 Å². The van der Waals surface area contributed by atoms with E-state index in [0.717, 1.165) is 19.2 Å². The molecule has 2 aliphatic heterocycles. The Labute approximate surface area is 153 Å². The Morgan fingerprint density at radius 1 is 1.12 bits per heavy atom. The van der Waals surface area contributed by atoms with E-state index in [-0.39, 0.29) is 29.8 Å². The second-order valence-electron chi connectivity index (χ2n) is 10.1. The van der Waals surface area contributed by atoms with Crippen molar-refractivity contribution in [3.8, 4) is 0 Å². The molecule has 0 aromatic carbocycles. The van der Waals surface area contributed by atoms with E-state index in [2.05, 4.69) is 33.0 Å². The van der Waals surface area contributed by atoms with Gasteiger partial charge in [0.1, 0.15) is 0 Å². The smallest absolute Gasteiger partial charge is 0.403 e. The molecule has 2 aliphatic rings. The fourth-order valence-corrected chi connectivity index (χ4v) is 3.50. The molecular formula is C19H36BNO4. The van der Waals surface area contributed by atoms with Crippen molar-refractivity contribution in [3.05, 3.63) is 0 Å². The van der Waals surface area contributed by atoms with Crippen molar-refractivity contribution in [2.75, 3.05) is 13.2 Å². The summed E-state index contributed by atoms with van der Waals surface area (Å²) in [7, 11) is -0.179. The maximum absolute atomic E-state index is 12.7. The number of ether oxygens (including phenoxy) is 1. The van der Waals surface area contributed by atoms with Crippen LogP contribution in [-0.4, -0.2) is 43.0 Å². The summed E-state index contributed by atoms with van der Waals surface area (Å²) in [5.41, 5.74) is -1.27. The van der Waals surface area contributed by atoms with Crippen molar-refractivity contribution in [2.45, 2.75) is 91.3 Å². The van der Waals surface area contributed by atoms with Crippen LogP contribution < -0.4 is 5.32 Å². The van der Waals surface area contributed by atoms with Gasteiger partial charge in [-0.25, -0.2) is 0 Å². The van der Waals surface area contributed by atoms with E-state index in [1.807, 2.05) is 27.7 Å². The Kier molecular flexibility index (Phi) is 5.69. The van der Waals surface area contributed by atoms with E-state index >= 15 is 0 Å². The Hall–Kier alpha value is -0.585. The highest BCUT2D eigenvalue weighted by Crippen LogP contribution is 2.40. The molecule has 2 saturated heterocycles. The first-order valence-electron chi connectivity index (χ1n) is 9.50. The largest absolute Gasteiger partial charge is 0.457 e. The zero-order chi connectivity index (χ0) is 19.1. The average Bonchev–Trinajstić information content (AvgIpc) is 2.63. The molecule has 0 aromatic rings. The number of nitrogens with one attached hydrogen (secondary N) is 1. The number of carbonyl (C=O) groups excluding carboxylic acids is 1. The minimum atomic E-state index is -0.466. The Morgan fingerprint density at radius 2 is 1.68 bits per heavy atom. The summed E-state index contributed by atoms with van der Waals surface area (Å²) in [6.07, 6.45) is 2.61. The molecule has 1 amide bonds. The summed E-state index contributed by atoms with van der Waals surface area (Å²) >= 11 is 0. The van der Waals surface area contributed by atoms with Gasteiger partial charge in [-0.3, -0.25) is 4.79 Å². The molecule has 0 aliphatic carbocycles. The third kappa shape index (κ3) is 4.98. The molecule has 2 atom stereocenters. The topological polar surface area (TPSA) is 56.8 Å². The second kappa shape index (κ2) is 6.86. The molecule has 2 rings (SSSR count). The number of hydrogen-bond donors (Lipinski definition) is 1. The molecule has 2 heterocycles. The van der Waals surface area contributed by atoms with E-state index < -0.39 is 5.41 Å². The third-order valence-corrected chi connectivity index (χ3v) is 5.66. The van der Waals surface area contributed by atoms with Gasteiger partial charge in [-0.2, -0.15) is 0 Å². The van der Waals surface area contributed by atoms with E-state index in [4.69, 9.17) is 14.0 Å². The van der Waals surface area contributed by atoms with Gasteiger partial charge in [0.25, 0.3) is 0 Å². The fourth-order valence-electron chi connectivity index (χ4n) is 3.50. The average molecular weight is 353 g/mol. The summed E-state index contributed by atoms with van der Waals surface area (Å²) in [6.45, 7) is 17.5. The van der Waals surface area contributed by atoms with Crippen LogP contribution in [0.25, 0.3) is 0 Å². The lowest BCUT2D eigenvalue weighted by atomic mass is 9.73. The van der Waals surface area contributed by atoms with Crippen molar-refractivity contribution in [3.63, 3.8) is 0 Å². The van der Waals surface area contributed by atoms with Gasteiger partial charge in [-0.15, -0.1) is 0 Å². The minimum absolute atomic E-state index is 0.0836. The molecule has 5 nitrogen and oxygen atoms in total. The van der Waals surface area contributed by atoms with Gasteiger partial charge in [0.15, 0.2) is 0 Å². The predicted octanol–water partition coefficient (Wildman–Crippen LogP) is 3.43. The van der Waals surface area contributed by atoms with E-state index in [0.29, 0.717) is 19.1 Å². The number of rotatable bonds is 4. The van der Waals surface area contributed by atoms with Gasteiger partial charge in [-0.1, -0.05) is 0 Å². The van der Waals surface area contributed by atoms with Crippen molar-refractivity contribution < 1.29 is 18.8 Å². The van der Waals surface area contributed by atoms with Gasteiger partial charge in [0.05, 0.1) is 23.2 Å². The zero-order valence-corrected chi connectivity index (χ0v) is 17.3. The van der Waals surface area contributed by atoms with Gasteiger partial charge >= 0.3 is 7.12 Å². The van der Waals surface area contributed by atoms with E-state index in [1.165, 1.54) is 0 Å². The summed E-state index contributed by atoms with van der Waals surface area (Å²) in [5.74, 6) is 0.434. The van der Waals surface area contributed by atoms with Crippen LogP contribution in [-0.2, 0) is 18.8 Å². The lowest BCUT2D eigenvalue weighted by Crippen LogP contribution is -2.52. The SMILES string of the molecule is CC(C)(C)NC(=O)[C@]1(C)COC[C@@H](CCB2OC(C)(C)C(C)(C)O2)C1. The first-order valence-corrected chi connectivity index (χ1v) is 9.50. The molecule has 0 spiro atoms. The van der Waals surface area contributed by atoms with Crippen LogP contribution in [0.2, 0.25) is 6.32 Å². The normalized spacial score (nSPS) is 31.8. The van der Waals surface area contributed by atoms with Crippen LogP contribution in [0.5, 0.6) is 0 Å². The van der Waals surface area contributed by atoms with Crippen LogP contribution in [0.15, 0.2) is 0 Å². The summed E-state index contributed by atoms with van der Waals surface area (Å²) in [6, 6.07) is 0. The van der Waals surface area contributed by atoms with Gasteiger partial charge in [-0.05, 0) is 80.5 Å². The van der Waals surface area contributed by atoms with Crippen molar-refractivity contribution in [1.82, 2.24) is 5.32 Å². The molecular weight excluding hydrogens is 317 g/mol. The van der Waals surface area contributed by atoms with Crippen LogP contribution in [0, 0.1) is 11.3 Å². The molecule has 6 heteroatoms. The maximum atomic E-state index is 12.7. The highest BCUT2D eigenvalue weighted by atomic mass is 16.7. The molecule has 0 saturated carbocycles. The Bertz CT molecular complexity index is 484. The quantitative estimate of drug-likeness (QED) is 0.787. The lowest BCUT2D eigenvalue weighted by Gasteiger charge is -2.38. The minimum Gasteiger partial charge on any atom is -0.403 e. The van der Waals surface area contributed by atoms with E-state index in [9.17, 15) is 4.79 Å². The molecule has 0 unspecified atom stereocenters. The van der Waals surface area contributed by atoms with Crippen molar-refractivity contribution in [2.24, 2.45) is 11.3 Å². The summed E-state index contributed by atoms with van der Waals surface area (Å²) in [4.78, 5) is 12.7. The summed E-state index contributed by atoms with van der Waals surface area (Å²) in [5, 5.41) is 3.10. The molecule has 25 heavy (non-hydrogen) atoms. The van der Waals surface area contributed by atoms with Crippen LogP contribution in [0.4, 0.5) is 0 Å². The first kappa shape index (κ1) is 20.7. The lowest BCUT2D eigenvalue weighted by molar-refractivity contribution is -0.142. The highest BCUT2D eigenvalue weighted by molar-refractivity contribution is 6.45. The maximum Gasteiger partial charge on any atom is 0.457 e. The molecule has 2 fully saturated rings. The predicted molar refractivity (Wildman–Crippen MR) is 100 cm³/mol. The van der Waals surface area contributed by atoms with Crippen molar-refractivity contribution >= 4 is 13.0 Å². The molecule has 144 valence electrons. The Morgan fingerprint density at radius 3 is 2.20 bits per heavy atom. The van der Waals surface area contributed by atoms with Gasteiger partial charge in [0.2, 0.25) is 5.91 Å². The van der Waals surface area contributed by atoms with Crippen molar-refractivity contribution in [1.29, 1.82) is 0 Å². The molecule has 0 radical (unpaired) electrons. The second-order valence-corrected chi connectivity index (χ2v) is 10.1. The number of amides is 1. The van der Waals surface area contributed by atoms with Crippen LogP contribution in [0.3, 0.4) is 0 Å². The highest BCUT2D eigenvalue weighted by Gasteiger charge is 2.51. The monoisotopic (exact) mass is 353 g/mol. The first-order chi connectivity index (χ1) is 11.2. The van der Waals surface area contributed by atoms with Crippen LogP contribution in [0.1, 0.15) is 68.2 Å². The molecule has 0 bridgehead atoms. The zero-order valence-electron chi connectivity index (χ0n) is 17.3. The third-order valence-electron chi connectivity index (χ3n) is 5.66. The summed E-state index contributed by atoms with van der Waals surface area (Å²) < 4.78 is 17.9. The molecule has 0 aromatic heterocycles. The Balaban J connectivity index is 1.89. The van der Waals surface area contributed by atoms with Crippen LogP contribution >= 0.6 is 0 Å². The van der Waals surface area contributed by atoms with E-state index in [1.54, 1.807) is 0 Å². The number of carbonyl (C=O) groups is 1.